The Morgan fingerprint density at radius 2 is 2.07 bits per heavy atom. The quantitative estimate of drug-likeness (QED) is 0.471. The first-order valence-electron chi connectivity index (χ1n) is 8.78. The van der Waals surface area contributed by atoms with E-state index < -0.39 is 11.7 Å². The Morgan fingerprint density at radius 3 is 2.75 bits per heavy atom. The number of halogens is 3. The highest BCUT2D eigenvalue weighted by atomic mass is 19.4. The van der Waals surface area contributed by atoms with E-state index in [4.69, 9.17) is 11.3 Å². The number of anilines is 1. The fraction of sp³-hybridized carbons (Fsp3) is 0.286. The van der Waals surface area contributed by atoms with Gasteiger partial charge in [0.2, 0.25) is 0 Å². The maximum absolute atomic E-state index is 13.3. The molecule has 1 aliphatic heterocycles. The van der Waals surface area contributed by atoms with Crippen LogP contribution in [0.2, 0.25) is 0 Å². The zero-order valence-corrected chi connectivity index (χ0v) is 15.0. The summed E-state index contributed by atoms with van der Waals surface area (Å²) < 4.78 is 45.6. The van der Waals surface area contributed by atoms with Crippen molar-refractivity contribution in [2.75, 3.05) is 11.4 Å². The highest BCUT2D eigenvalue weighted by molar-refractivity contribution is 5.56. The number of benzene rings is 2. The number of hydrogen-bond acceptors (Lipinski definition) is 3. The molecule has 1 N–H and O–H groups in total. The smallest absolute Gasteiger partial charge is 0.418 e. The molecule has 2 aromatic carbocycles. The number of aliphatic hydroxyl groups is 1. The molecule has 3 rings (SSSR count). The van der Waals surface area contributed by atoms with Crippen LogP contribution in [0, 0.1) is 6.57 Å². The first-order valence-corrected chi connectivity index (χ1v) is 8.78. The lowest BCUT2D eigenvalue weighted by Crippen LogP contribution is -2.29. The van der Waals surface area contributed by atoms with Crippen LogP contribution >= 0.6 is 0 Å². The van der Waals surface area contributed by atoms with Crippen LogP contribution in [-0.4, -0.2) is 17.7 Å². The number of ether oxygens (including phenoxy) is 1. The van der Waals surface area contributed by atoms with E-state index in [1.165, 1.54) is 6.07 Å². The van der Waals surface area contributed by atoms with Gasteiger partial charge in [-0.3, -0.25) is 0 Å². The third-order valence-corrected chi connectivity index (χ3v) is 4.62. The maximum atomic E-state index is 13.3. The summed E-state index contributed by atoms with van der Waals surface area (Å²) in [7, 11) is 0. The van der Waals surface area contributed by atoms with Crippen LogP contribution in [-0.2, 0) is 6.18 Å². The van der Waals surface area contributed by atoms with Gasteiger partial charge in [0.25, 0.3) is 0 Å². The monoisotopic (exact) mass is 388 g/mol. The highest BCUT2D eigenvalue weighted by Gasteiger charge is 2.35. The standard InChI is InChI=1S/C21H19F3N2O2/c1-14(27)11-16-6-4-10-26(16)17-5-3-7-18(13-17)28-20-9-8-15(25-2)12-19(20)21(22,23)24/h3,5,7-9,12-13,16,27H,1,4,6,10-11H2. The van der Waals surface area contributed by atoms with Crippen molar-refractivity contribution < 1.29 is 23.0 Å². The number of alkyl halides is 3. The first-order chi connectivity index (χ1) is 13.3. The second-order valence-corrected chi connectivity index (χ2v) is 6.65. The Labute approximate surface area is 161 Å². The molecule has 0 amide bonds. The molecule has 0 saturated carbocycles. The van der Waals surface area contributed by atoms with E-state index in [2.05, 4.69) is 16.3 Å². The van der Waals surface area contributed by atoms with E-state index in [9.17, 15) is 18.3 Å². The van der Waals surface area contributed by atoms with Crippen molar-refractivity contribution >= 4 is 11.4 Å². The predicted molar refractivity (Wildman–Crippen MR) is 101 cm³/mol. The average Bonchev–Trinajstić information content (AvgIpc) is 3.09. The molecular weight excluding hydrogens is 369 g/mol. The van der Waals surface area contributed by atoms with Gasteiger partial charge in [-0.05, 0) is 37.1 Å². The number of nitrogens with zero attached hydrogens (tertiary/aromatic N) is 2. The lowest BCUT2D eigenvalue weighted by molar-refractivity contribution is -0.138. The maximum Gasteiger partial charge on any atom is 0.418 e. The summed E-state index contributed by atoms with van der Waals surface area (Å²) in [4.78, 5) is 5.15. The molecule has 0 radical (unpaired) electrons. The minimum atomic E-state index is -4.63. The zero-order chi connectivity index (χ0) is 20.3. The molecule has 1 aliphatic rings. The van der Waals surface area contributed by atoms with Crippen LogP contribution in [0.15, 0.2) is 54.8 Å². The lowest BCUT2D eigenvalue weighted by atomic mass is 10.1. The summed E-state index contributed by atoms with van der Waals surface area (Å²) >= 11 is 0. The van der Waals surface area contributed by atoms with Crippen molar-refractivity contribution in [1.82, 2.24) is 0 Å². The summed E-state index contributed by atoms with van der Waals surface area (Å²) in [5, 5.41) is 9.50. The fourth-order valence-electron chi connectivity index (χ4n) is 3.41. The summed E-state index contributed by atoms with van der Waals surface area (Å²) in [6, 6.07) is 10.2. The minimum Gasteiger partial charge on any atom is -0.513 e. The van der Waals surface area contributed by atoms with E-state index in [-0.39, 0.29) is 29.0 Å². The van der Waals surface area contributed by atoms with Crippen molar-refractivity contribution in [2.45, 2.75) is 31.5 Å². The minimum absolute atomic E-state index is 0.0939. The molecule has 1 saturated heterocycles. The number of aliphatic hydroxyl groups excluding tert-OH is 1. The van der Waals surface area contributed by atoms with Gasteiger partial charge in [-0.15, -0.1) is 0 Å². The molecule has 0 bridgehead atoms. The fourth-order valence-corrected chi connectivity index (χ4v) is 3.41. The number of rotatable bonds is 5. The Morgan fingerprint density at radius 1 is 1.29 bits per heavy atom. The molecule has 1 atom stereocenters. The van der Waals surface area contributed by atoms with E-state index in [1.54, 1.807) is 18.2 Å². The Kier molecular flexibility index (Phi) is 5.50. The summed E-state index contributed by atoms with van der Waals surface area (Å²) in [5.74, 6) is 0.0322. The Bertz CT molecular complexity index is 919. The summed E-state index contributed by atoms with van der Waals surface area (Å²) in [6.45, 7) is 11.2. The van der Waals surface area contributed by atoms with Gasteiger partial charge < -0.3 is 14.7 Å². The Balaban J connectivity index is 1.88. The second-order valence-electron chi connectivity index (χ2n) is 6.65. The van der Waals surface area contributed by atoms with Gasteiger partial charge in [-0.25, -0.2) is 4.85 Å². The van der Waals surface area contributed by atoms with Crippen molar-refractivity contribution in [3.05, 3.63) is 71.8 Å². The van der Waals surface area contributed by atoms with Crippen LogP contribution in [0.25, 0.3) is 4.85 Å². The van der Waals surface area contributed by atoms with E-state index >= 15 is 0 Å². The molecule has 4 nitrogen and oxygen atoms in total. The van der Waals surface area contributed by atoms with Crippen molar-refractivity contribution in [3.63, 3.8) is 0 Å². The van der Waals surface area contributed by atoms with Crippen molar-refractivity contribution in [1.29, 1.82) is 0 Å². The topological polar surface area (TPSA) is 37.1 Å². The molecule has 0 spiro atoms. The van der Waals surface area contributed by atoms with Crippen LogP contribution in [0.1, 0.15) is 24.8 Å². The normalized spacial score (nSPS) is 16.6. The second kappa shape index (κ2) is 7.85. The van der Waals surface area contributed by atoms with E-state index in [0.29, 0.717) is 6.42 Å². The molecule has 0 aliphatic carbocycles. The highest BCUT2D eigenvalue weighted by Crippen LogP contribution is 2.41. The van der Waals surface area contributed by atoms with Crippen molar-refractivity contribution in [2.24, 2.45) is 0 Å². The van der Waals surface area contributed by atoms with Crippen molar-refractivity contribution in [3.8, 4) is 11.5 Å². The SMILES string of the molecule is [C-]#[N+]c1ccc(Oc2cccc(N3CCCC3CC(=C)O)c2)c(C(F)(F)F)c1. The third-order valence-electron chi connectivity index (χ3n) is 4.62. The molecule has 1 unspecified atom stereocenters. The summed E-state index contributed by atoms with van der Waals surface area (Å²) in [6.07, 6.45) is -2.32. The van der Waals surface area contributed by atoms with Crippen LogP contribution in [0.4, 0.5) is 24.5 Å². The van der Waals surface area contributed by atoms with Crippen LogP contribution in [0.5, 0.6) is 11.5 Å². The predicted octanol–water partition coefficient (Wildman–Crippen LogP) is 6.48. The molecular formula is C21H19F3N2O2. The van der Waals surface area contributed by atoms with E-state index in [0.717, 1.165) is 37.2 Å². The largest absolute Gasteiger partial charge is 0.513 e. The van der Waals surface area contributed by atoms with Gasteiger partial charge in [0.1, 0.15) is 11.5 Å². The summed E-state index contributed by atoms with van der Waals surface area (Å²) in [5.41, 5.74) is -0.271. The van der Waals surface area contributed by atoms with Gasteiger partial charge in [0, 0.05) is 30.8 Å². The molecule has 2 aromatic rings. The first kappa shape index (κ1) is 19.6. The third kappa shape index (κ3) is 4.39. The van der Waals surface area contributed by atoms with Gasteiger partial charge >= 0.3 is 6.18 Å². The van der Waals surface area contributed by atoms with Gasteiger partial charge in [0.05, 0.1) is 17.9 Å². The van der Waals surface area contributed by atoms with Gasteiger partial charge in [-0.1, -0.05) is 18.7 Å². The lowest BCUT2D eigenvalue weighted by Gasteiger charge is -2.27. The van der Waals surface area contributed by atoms with Gasteiger partial charge in [0.15, 0.2) is 5.69 Å². The van der Waals surface area contributed by atoms with Crippen LogP contribution < -0.4 is 9.64 Å². The van der Waals surface area contributed by atoms with Crippen LogP contribution in [0.3, 0.4) is 0 Å². The van der Waals surface area contributed by atoms with E-state index in [1.807, 2.05) is 6.07 Å². The molecule has 7 heteroatoms. The average molecular weight is 388 g/mol. The van der Waals surface area contributed by atoms with Gasteiger partial charge in [-0.2, -0.15) is 13.2 Å². The molecule has 28 heavy (non-hydrogen) atoms. The molecule has 0 aromatic heterocycles. The Hall–Kier alpha value is -3.14. The number of hydrogen-bond donors (Lipinski definition) is 1. The molecule has 1 heterocycles. The zero-order valence-electron chi connectivity index (χ0n) is 15.0. The molecule has 1 fully saturated rings. The molecule has 146 valence electrons.